The highest BCUT2D eigenvalue weighted by Gasteiger charge is 2.07. The van der Waals surface area contributed by atoms with Gasteiger partial charge in [-0.15, -0.1) is 0 Å². The summed E-state index contributed by atoms with van der Waals surface area (Å²) in [6.07, 6.45) is 0.597. The lowest BCUT2D eigenvalue weighted by Gasteiger charge is -2.10. The van der Waals surface area contributed by atoms with E-state index in [2.05, 4.69) is 10.5 Å². The number of hydrogen-bond donors (Lipinski definition) is 1. The van der Waals surface area contributed by atoms with E-state index in [4.69, 9.17) is 9.47 Å². The molecule has 2 aromatic carbocycles. The Morgan fingerprint density at radius 2 is 1.79 bits per heavy atom. The average molecular weight is 330 g/mol. The largest absolute Gasteiger partial charge is 0.493 e. The van der Waals surface area contributed by atoms with Crippen LogP contribution in [0.25, 0.3) is 0 Å². The molecule has 126 valence electrons. The molecule has 0 aliphatic heterocycles. The monoisotopic (exact) mass is 330 g/mol. The van der Waals surface area contributed by atoms with E-state index in [1.165, 1.54) is 19.2 Å². The summed E-state index contributed by atoms with van der Waals surface area (Å²) in [5.41, 5.74) is 3.85. The number of para-hydroxylation sites is 2. The summed E-state index contributed by atoms with van der Waals surface area (Å²) in [5.74, 6) is 0.320. The number of nitrogens with one attached hydrogen (secondary N) is 1. The van der Waals surface area contributed by atoms with E-state index in [0.29, 0.717) is 23.6 Å². The van der Waals surface area contributed by atoms with Crippen molar-refractivity contribution in [2.75, 3.05) is 13.7 Å². The molecule has 5 nitrogen and oxygen atoms in total. The molecule has 24 heavy (non-hydrogen) atoms. The van der Waals surface area contributed by atoms with Gasteiger partial charge in [0.15, 0.2) is 18.1 Å². The number of carbonyl (C=O) groups is 1. The minimum Gasteiger partial charge on any atom is -0.493 e. The van der Waals surface area contributed by atoms with Gasteiger partial charge in [-0.3, -0.25) is 4.79 Å². The van der Waals surface area contributed by atoms with Crippen LogP contribution >= 0.6 is 0 Å². The number of hydrazone groups is 1. The molecule has 1 amide bonds. The number of benzene rings is 2. The molecule has 0 saturated carbocycles. The zero-order valence-corrected chi connectivity index (χ0v) is 13.6. The highest BCUT2D eigenvalue weighted by atomic mass is 19.1. The van der Waals surface area contributed by atoms with Crippen molar-refractivity contribution in [3.05, 3.63) is 59.9 Å². The molecule has 6 heteroatoms. The summed E-state index contributed by atoms with van der Waals surface area (Å²) in [4.78, 5) is 11.9. The van der Waals surface area contributed by atoms with E-state index >= 15 is 0 Å². The second kappa shape index (κ2) is 8.67. The van der Waals surface area contributed by atoms with Crippen molar-refractivity contribution in [3.8, 4) is 11.5 Å². The lowest BCUT2D eigenvalue weighted by atomic mass is 10.1. The number of carbonyl (C=O) groups excluding carboxylic acids is 1. The fourth-order valence-corrected chi connectivity index (χ4v) is 2.03. The first kappa shape index (κ1) is 17.5. The molecule has 0 heterocycles. The van der Waals surface area contributed by atoms with Crippen molar-refractivity contribution >= 4 is 11.6 Å². The van der Waals surface area contributed by atoms with Crippen molar-refractivity contribution in [2.24, 2.45) is 5.10 Å². The molecule has 0 fully saturated rings. The van der Waals surface area contributed by atoms with Crippen LogP contribution in [0.3, 0.4) is 0 Å². The van der Waals surface area contributed by atoms with Crippen molar-refractivity contribution < 1.29 is 18.7 Å². The van der Waals surface area contributed by atoms with Crippen LogP contribution in [0.2, 0.25) is 0 Å². The van der Waals surface area contributed by atoms with Crippen LogP contribution < -0.4 is 14.9 Å². The summed E-state index contributed by atoms with van der Waals surface area (Å²) in [7, 11) is 1.53. The standard InChI is InChI=1S/C18H19FN2O3/c1-3-15(13-8-10-14(19)11-9-13)20-21-18(22)12-24-17-7-5-4-6-16(17)23-2/h4-11H,3,12H2,1-2H3,(H,21,22)/b20-15-. The maximum atomic E-state index is 13.0. The first-order chi connectivity index (χ1) is 11.6. The van der Waals surface area contributed by atoms with Gasteiger partial charge in [0, 0.05) is 0 Å². The third kappa shape index (κ3) is 4.81. The first-order valence-electron chi connectivity index (χ1n) is 7.51. The number of halogens is 1. The van der Waals surface area contributed by atoms with Crippen molar-refractivity contribution in [3.63, 3.8) is 0 Å². The molecule has 0 saturated heterocycles. The van der Waals surface area contributed by atoms with E-state index in [1.54, 1.807) is 30.3 Å². The molecular formula is C18H19FN2O3. The molecule has 2 rings (SSSR count). The van der Waals surface area contributed by atoms with Gasteiger partial charge in [0.25, 0.3) is 5.91 Å². The predicted molar refractivity (Wildman–Crippen MR) is 89.9 cm³/mol. The summed E-state index contributed by atoms with van der Waals surface area (Å²) in [6, 6.07) is 13.0. The maximum absolute atomic E-state index is 13.0. The highest BCUT2D eigenvalue weighted by Crippen LogP contribution is 2.25. The molecule has 0 spiro atoms. The molecule has 0 aliphatic carbocycles. The second-order valence-corrected chi connectivity index (χ2v) is 4.89. The third-order valence-corrected chi connectivity index (χ3v) is 3.26. The van der Waals surface area contributed by atoms with E-state index in [0.717, 1.165) is 5.56 Å². The molecule has 0 unspecified atom stereocenters. The summed E-state index contributed by atoms with van der Waals surface area (Å²) in [5, 5.41) is 4.08. The molecule has 0 bridgehead atoms. The number of nitrogens with zero attached hydrogens (tertiary/aromatic N) is 1. The number of methoxy groups -OCH3 is 1. The summed E-state index contributed by atoms with van der Waals surface area (Å²) < 4.78 is 23.5. The van der Waals surface area contributed by atoms with E-state index in [-0.39, 0.29) is 12.4 Å². The maximum Gasteiger partial charge on any atom is 0.277 e. The fourth-order valence-electron chi connectivity index (χ4n) is 2.03. The Balaban J connectivity index is 1.94. The molecule has 0 atom stereocenters. The van der Waals surface area contributed by atoms with Crippen LogP contribution in [0, 0.1) is 5.82 Å². The minimum absolute atomic E-state index is 0.190. The number of amides is 1. The van der Waals surface area contributed by atoms with Gasteiger partial charge >= 0.3 is 0 Å². The van der Waals surface area contributed by atoms with Crippen LogP contribution in [0.4, 0.5) is 4.39 Å². The molecular weight excluding hydrogens is 311 g/mol. The van der Waals surface area contributed by atoms with Crippen LogP contribution in [0.15, 0.2) is 53.6 Å². The van der Waals surface area contributed by atoms with Gasteiger partial charge in [0.1, 0.15) is 5.82 Å². The number of rotatable bonds is 7. The van der Waals surface area contributed by atoms with Gasteiger partial charge in [0.2, 0.25) is 0 Å². The first-order valence-corrected chi connectivity index (χ1v) is 7.51. The van der Waals surface area contributed by atoms with Crippen molar-refractivity contribution in [1.82, 2.24) is 5.43 Å². The quantitative estimate of drug-likeness (QED) is 0.627. The Hall–Kier alpha value is -2.89. The SMILES string of the molecule is CC/C(=N/NC(=O)COc1ccccc1OC)c1ccc(F)cc1. The molecule has 1 N–H and O–H groups in total. The highest BCUT2D eigenvalue weighted by molar-refractivity contribution is 6.00. The fraction of sp³-hybridized carbons (Fsp3) is 0.222. The van der Waals surface area contributed by atoms with Crippen LogP contribution in [0.1, 0.15) is 18.9 Å². The normalized spacial score (nSPS) is 11.0. The third-order valence-electron chi connectivity index (χ3n) is 3.26. The van der Waals surface area contributed by atoms with Gasteiger partial charge in [-0.05, 0) is 36.2 Å². The molecule has 0 radical (unpaired) electrons. The van der Waals surface area contributed by atoms with E-state index in [1.807, 2.05) is 13.0 Å². The predicted octanol–water partition coefficient (Wildman–Crippen LogP) is 3.14. The average Bonchev–Trinajstić information content (AvgIpc) is 2.62. The van der Waals surface area contributed by atoms with Crippen molar-refractivity contribution in [2.45, 2.75) is 13.3 Å². The lowest BCUT2D eigenvalue weighted by Crippen LogP contribution is -2.26. The minimum atomic E-state index is -0.394. The van der Waals surface area contributed by atoms with Crippen LogP contribution in [0.5, 0.6) is 11.5 Å². The van der Waals surface area contributed by atoms with Crippen LogP contribution in [-0.4, -0.2) is 25.3 Å². The zero-order valence-electron chi connectivity index (χ0n) is 13.6. The van der Waals surface area contributed by atoms with E-state index < -0.39 is 5.91 Å². The Kier molecular flexibility index (Phi) is 6.31. The van der Waals surface area contributed by atoms with Gasteiger partial charge in [-0.2, -0.15) is 5.10 Å². The Labute approximate surface area is 140 Å². The van der Waals surface area contributed by atoms with E-state index in [9.17, 15) is 9.18 Å². The number of ether oxygens (including phenoxy) is 2. The summed E-state index contributed by atoms with van der Waals surface area (Å²) >= 11 is 0. The molecule has 0 aromatic heterocycles. The van der Waals surface area contributed by atoms with Gasteiger partial charge in [-0.1, -0.05) is 31.2 Å². The smallest absolute Gasteiger partial charge is 0.277 e. The van der Waals surface area contributed by atoms with Crippen molar-refractivity contribution in [1.29, 1.82) is 0 Å². The Morgan fingerprint density at radius 3 is 2.42 bits per heavy atom. The van der Waals surface area contributed by atoms with Gasteiger partial charge in [0.05, 0.1) is 12.8 Å². The second-order valence-electron chi connectivity index (χ2n) is 4.89. The molecule has 2 aromatic rings. The Bertz CT molecular complexity index is 714. The van der Waals surface area contributed by atoms with Gasteiger partial charge in [-0.25, -0.2) is 9.82 Å². The lowest BCUT2D eigenvalue weighted by molar-refractivity contribution is -0.123. The van der Waals surface area contributed by atoms with Crippen LogP contribution in [-0.2, 0) is 4.79 Å². The summed E-state index contributed by atoms with van der Waals surface area (Å²) in [6.45, 7) is 1.71. The topological polar surface area (TPSA) is 59.9 Å². The molecule has 0 aliphatic rings. The number of hydrogen-bond acceptors (Lipinski definition) is 4. The zero-order chi connectivity index (χ0) is 17.4. The Morgan fingerprint density at radius 1 is 1.12 bits per heavy atom. The van der Waals surface area contributed by atoms with Gasteiger partial charge < -0.3 is 9.47 Å².